The largest absolute Gasteiger partial charge is 0.481 e. The van der Waals surface area contributed by atoms with Gasteiger partial charge in [-0.2, -0.15) is 4.31 Å². The Morgan fingerprint density at radius 1 is 1.33 bits per heavy atom. The minimum Gasteiger partial charge on any atom is -0.481 e. The highest BCUT2D eigenvalue weighted by atomic mass is 32.2. The number of ketones is 1. The summed E-state index contributed by atoms with van der Waals surface area (Å²) in [6, 6.07) is 5.09. The van der Waals surface area contributed by atoms with Crippen molar-refractivity contribution in [3.63, 3.8) is 0 Å². The zero-order valence-corrected chi connectivity index (χ0v) is 13.1. The number of carbonyl (C=O) groups is 2. The third-order valence-corrected chi connectivity index (χ3v) is 5.21. The lowest BCUT2D eigenvalue weighted by atomic mass is 10.2. The van der Waals surface area contributed by atoms with E-state index in [9.17, 15) is 18.0 Å². The predicted molar refractivity (Wildman–Crippen MR) is 77.7 cm³/mol. The van der Waals surface area contributed by atoms with Crippen LogP contribution in [0.25, 0.3) is 0 Å². The van der Waals surface area contributed by atoms with Gasteiger partial charge in [0, 0.05) is 18.2 Å². The van der Waals surface area contributed by atoms with Crippen molar-refractivity contribution in [1.29, 1.82) is 0 Å². The van der Waals surface area contributed by atoms with E-state index in [2.05, 4.69) is 0 Å². The first-order valence-corrected chi connectivity index (χ1v) is 7.98. The van der Waals surface area contributed by atoms with Crippen molar-refractivity contribution >= 4 is 21.8 Å². The van der Waals surface area contributed by atoms with Gasteiger partial charge in [-0.05, 0) is 26.0 Å². The molecule has 0 aliphatic carbocycles. The lowest BCUT2D eigenvalue weighted by Gasteiger charge is -2.26. The first-order valence-electron chi connectivity index (χ1n) is 6.54. The molecule has 0 aliphatic heterocycles. The summed E-state index contributed by atoms with van der Waals surface area (Å²) >= 11 is 0. The van der Waals surface area contributed by atoms with Crippen LogP contribution >= 0.6 is 0 Å². The summed E-state index contributed by atoms with van der Waals surface area (Å²) in [5.74, 6) is -1.29. The van der Waals surface area contributed by atoms with Crippen molar-refractivity contribution in [2.75, 3.05) is 6.54 Å². The SMILES string of the molecule is CCN(C(C)CC(=O)O)S(=O)(=O)c1cccc(C(C)=O)c1. The van der Waals surface area contributed by atoms with E-state index >= 15 is 0 Å². The Kier molecular flexibility index (Phi) is 5.62. The number of aliphatic carboxylic acids is 1. The quantitative estimate of drug-likeness (QED) is 0.774. The lowest BCUT2D eigenvalue weighted by molar-refractivity contribution is -0.137. The maximum atomic E-state index is 12.6. The van der Waals surface area contributed by atoms with Crippen LogP contribution in [0.3, 0.4) is 0 Å². The summed E-state index contributed by atoms with van der Waals surface area (Å²) < 4.78 is 26.3. The van der Waals surface area contributed by atoms with Gasteiger partial charge in [0.2, 0.25) is 10.0 Å². The fourth-order valence-electron chi connectivity index (χ4n) is 2.08. The molecule has 0 heterocycles. The van der Waals surface area contributed by atoms with Crippen molar-refractivity contribution < 1.29 is 23.1 Å². The van der Waals surface area contributed by atoms with Gasteiger partial charge in [0.15, 0.2) is 5.78 Å². The van der Waals surface area contributed by atoms with E-state index in [1.807, 2.05) is 0 Å². The third kappa shape index (κ3) is 4.12. The fraction of sp³-hybridized carbons (Fsp3) is 0.429. The minimum atomic E-state index is -3.83. The second kappa shape index (κ2) is 6.82. The maximum Gasteiger partial charge on any atom is 0.304 e. The molecule has 1 aromatic rings. The summed E-state index contributed by atoms with van der Waals surface area (Å²) in [6.45, 7) is 4.70. The average Bonchev–Trinajstić information content (AvgIpc) is 2.38. The molecular weight excluding hydrogens is 294 g/mol. The molecule has 0 bridgehead atoms. The number of rotatable bonds is 7. The van der Waals surface area contributed by atoms with Gasteiger partial charge in [-0.1, -0.05) is 19.1 Å². The zero-order chi connectivity index (χ0) is 16.2. The van der Waals surface area contributed by atoms with E-state index in [0.29, 0.717) is 5.56 Å². The van der Waals surface area contributed by atoms with Crippen molar-refractivity contribution in [2.24, 2.45) is 0 Å². The fourth-order valence-corrected chi connectivity index (χ4v) is 3.77. The van der Waals surface area contributed by atoms with Crippen LogP contribution in [-0.4, -0.2) is 42.2 Å². The van der Waals surface area contributed by atoms with Crippen molar-refractivity contribution in [1.82, 2.24) is 4.31 Å². The Bertz CT molecular complexity index is 639. The second-order valence-electron chi connectivity index (χ2n) is 4.74. The number of sulfonamides is 1. The number of carboxylic acids is 1. The normalized spacial score (nSPS) is 13.1. The molecule has 0 saturated carbocycles. The van der Waals surface area contributed by atoms with E-state index in [1.54, 1.807) is 13.8 Å². The van der Waals surface area contributed by atoms with Crippen LogP contribution in [0, 0.1) is 0 Å². The lowest BCUT2D eigenvalue weighted by Crippen LogP contribution is -2.39. The number of Topliss-reactive ketones (excluding diaryl/α,β-unsaturated/α-hetero) is 1. The number of hydrogen-bond donors (Lipinski definition) is 1. The van der Waals surface area contributed by atoms with Crippen LogP contribution in [0.5, 0.6) is 0 Å². The molecule has 116 valence electrons. The van der Waals surface area contributed by atoms with Crippen LogP contribution in [-0.2, 0) is 14.8 Å². The molecule has 0 fully saturated rings. The Balaban J connectivity index is 3.21. The van der Waals surface area contributed by atoms with Gasteiger partial charge in [0.1, 0.15) is 0 Å². The first kappa shape index (κ1) is 17.3. The molecule has 0 radical (unpaired) electrons. The number of carbonyl (C=O) groups excluding carboxylic acids is 1. The van der Waals surface area contributed by atoms with Crippen molar-refractivity contribution in [2.45, 2.75) is 38.1 Å². The van der Waals surface area contributed by atoms with Gasteiger partial charge in [0.25, 0.3) is 0 Å². The van der Waals surface area contributed by atoms with Gasteiger partial charge >= 0.3 is 5.97 Å². The molecular formula is C14H19NO5S. The Hall–Kier alpha value is -1.73. The number of benzene rings is 1. The highest BCUT2D eigenvalue weighted by molar-refractivity contribution is 7.89. The molecule has 7 heteroatoms. The molecule has 1 rings (SSSR count). The Morgan fingerprint density at radius 2 is 1.95 bits per heavy atom. The summed E-state index contributed by atoms with van der Waals surface area (Å²) in [5, 5.41) is 8.82. The van der Waals surface area contributed by atoms with E-state index < -0.39 is 22.0 Å². The average molecular weight is 313 g/mol. The molecule has 0 aliphatic rings. The molecule has 1 aromatic carbocycles. The van der Waals surface area contributed by atoms with Gasteiger partial charge < -0.3 is 5.11 Å². The van der Waals surface area contributed by atoms with Gasteiger partial charge in [0.05, 0.1) is 11.3 Å². The van der Waals surface area contributed by atoms with Gasteiger partial charge in [-0.3, -0.25) is 9.59 Å². The van der Waals surface area contributed by atoms with Crippen LogP contribution in [0.15, 0.2) is 29.2 Å². The predicted octanol–water partition coefficient (Wildman–Crippen LogP) is 1.76. The number of carboxylic acid groups (broad SMARTS) is 1. The van der Waals surface area contributed by atoms with Crippen LogP contribution in [0.4, 0.5) is 0 Å². The van der Waals surface area contributed by atoms with Crippen LogP contribution in [0.1, 0.15) is 37.6 Å². The van der Waals surface area contributed by atoms with Crippen molar-refractivity contribution in [3.8, 4) is 0 Å². The summed E-state index contributed by atoms with van der Waals surface area (Å²) in [5.41, 5.74) is 0.304. The molecule has 21 heavy (non-hydrogen) atoms. The smallest absolute Gasteiger partial charge is 0.304 e. The third-order valence-electron chi connectivity index (χ3n) is 3.12. The molecule has 1 unspecified atom stereocenters. The standard InChI is InChI=1S/C14H19NO5S/c1-4-15(10(2)8-14(17)18)21(19,20)13-7-5-6-12(9-13)11(3)16/h5-7,9-10H,4,8H2,1-3H3,(H,17,18). The molecule has 0 saturated heterocycles. The van der Waals surface area contributed by atoms with Crippen LogP contribution in [0.2, 0.25) is 0 Å². The molecule has 0 aromatic heterocycles. The Labute approximate surface area is 124 Å². The number of hydrogen-bond acceptors (Lipinski definition) is 4. The summed E-state index contributed by atoms with van der Waals surface area (Å²) in [7, 11) is -3.83. The van der Waals surface area contributed by atoms with E-state index in [-0.39, 0.29) is 23.6 Å². The topological polar surface area (TPSA) is 91.8 Å². The molecule has 6 nitrogen and oxygen atoms in total. The molecule has 0 amide bonds. The highest BCUT2D eigenvalue weighted by Crippen LogP contribution is 2.20. The van der Waals surface area contributed by atoms with Gasteiger partial charge in [-0.15, -0.1) is 0 Å². The second-order valence-corrected chi connectivity index (χ2v) is 6.63. The molecule has 1 atom stereocenters. The summed E-state index contributed by atoms with van der Waals surface area (Å²) in [6.07, 6.45) is -0.278. The molecule has 0 spiro atoms. The van der Waals surface area contributed by atoms with Crippen molar-refractivity contribution in [3.05, 3.63) is 29.8 Å². The summed E-state index contributed by atoms with van der Waals surface area (Å²) in [4.78, 5) is 22.1. The highest BCUT2D eigenvalue weighted by Gasteiger charge is 2.29. The number of nitrogens with zero attached hydrogens (tertiary/aromatic N) is 1. The maximum absolute atomic E-state index is 12.6. The first-order chi connectivity index (χ1) is 9.70. The van der Waals surface area contributed by atoms with Gasteiger partial charge in [-0.25, -0.2) is 8.42 Å². The Morgan fingerprint density at radius 3 is 2.43 bits per heavy atom. The molecule has 1 N–H and O–H groups in total. The van der Waals surface area contributed by atoms with E-state index in [0.717, 1.165) is 4.31 Å². The minimum absolute atomic E-state index is 0.00529. The van der Waals surface area contributed by atoms with E-state index in [4.69, 9.17) is 5.11 Å². The van der Waals surface area contributed by atoms with Crippen LogP contribution < -0.4 is 0 Å². The monoisotopic (exact) mass is 313 g/mol. The zero-order valence-electron chi connectivity index (χ0n) is 12.2. The van der Waals surface area contributed by atoms with E-state index in [1.165, 1.54) is 31.2 Å².